The van der Waals surface area contributed by atoms with Crippen molar-refractivity contribution in [2.75, 3.05) is 12.3 Å². The Labute approximate surface area is 130 Å². The zero-order chi connectivity index (χ0) is 15.7. The molecule has 1 rings (SSSR count). The van der Waals surface area contributed by atoms with Crippen molar-refractivity contribution in [2.45, 2.75) is 45.7 Å². The van der Waals surface area contributed by atoms with Gasteiger partial charge in [-0.3, -0.25) is 9.89 Å². The van der Waals surface area contributed by atoms with Crippen molar-refractivity contribution in [3.05, 3.63) is 29.1 Å². The van der Waals surface area contributed by atoms with Gasteiger partial charge in [-0.15, -0.1) is 5.10 Å². The number of aromatic nitrogens is 3. The molecule has 6 heteroatoms. The fourth-order valence-electron chi connectivity index (χ4n) is 1.60. The van der Waals surface area contributed by atoms with Gasteiger partial charge in [0, 0.05) is 6.54 Å². The predicted molar refractivity (Wildman–Crippen MR) is 87.3 cm³/mol. The van der Waals surface area contributed by atoms with Gasteiger partial charge in [-0.25, -0.2) is 4.98 Å². The summed E-state index contributed by atoms with van der Waals surface area (Å²) in [6.45, 7) is 8.71. The summed E-state index contributed by atoms with van der Waals surface area (Å²) < 4.78 is 0. The van der Waals surface area contributed by atoms with Crippen LogP contribution in [0.15, 0.2) is 28.5 Å². The lowest BCUT2D eigenvalue weighted by molar-refractivity contribution is -0.118. The van der Waals surface area contributed by atoms with Crippen LogP contribution in [0.2, 0.25) is 0 Å². The van der Waals surface area contributed by atoms with Crippen molar-refractivity contribution >= 4 is 17.7 Å². The fourth-order valence-corrected chi connectivity index (χ4v) is 2.27. The number of nitrogens with zero attached hydrogens (tertiary/aromatic N) is 2. The minimum absolute atomic E-state index is 0.00389. The molecule has 0 atom stereocenters. The lowest BCUT2D eigenvalue weighted by Crippen LogP contribution is -2.25. The number of thioether (sulfide) groups is 1. The van der Waals surface area contributed by atoms with Crippen molar-refractivity contribution in [1.82, 2.24) is 20.5 Å². The van der Waals surface area contributed by atoms with Crippen molar-refractivity contribution in [2.24, 2.45) is 0 Å². The van der Waals surface area contributed by atoms with E-state index < -0.39 is 0 Å². The van der Waals surface area contributed by atoms with Gasteiger partial charge in [0.1, 0.15) is 5.82 Å². The van der Waals surface area contributed by atoms with Gasteiger partial charge in [0.15, 0.2) is 0 Å². The first-order chi connectivity index (χ1) is 9.97. The molecule has 0 unspecified atom stereocenters. The van der Waals surface area contributed by atoms with E-state index in [-0.39, 0.29) is 5.91 Å². The smallest absolute Gasteiger partial charge is 0.230 e. The molecule has 0 aliphatic rings. The van der Waals surface area contributed by atoms with Crippen LogP contribution in [0.3, 0.4) is 0 Å². The summed E-state index contributed by atoms with van der Waals surface area (Å²) in [7, 11) is 0. The topological polar surface area (TPSA) is 70.7 Å². The number of nitrogens with one attached hydrogen (secondary N) is 2. The monoisotopic (exact) mass is 308 g/mol. The minimum Gasteiger partial charge on any atom is -0.352 e. The molecule has 0 spiro atoms. The minimum atomic E-state index is -0.00389. The van der Waals surface area contributed by atoms with E-state index in [2.05, 4.69) is 53.4 Å². The quantitative estimate of drug-likeness (QED) is 0.572. The first-order valence-electron chi connectivity index (χ1n) is 7.05. The second kappa shape index (κ2) is 9.39. The second-order valence-electron chi connectivity index (χ2n) is 5.17. The summed E-state index contributed by atoms with van der Waals surface area (Å²) in [5.74, 6) is 1.09. The van der Waals surface area contributed by atoms with Crippen LogP contribution in [0.5, 0.6) is 0 Å². The number of hydrogen-bond acceptors (Lipinski definition) is 4. The molecule has 5 nitrogen and oxygen atoms in total. The summed E-state index contributed by atoms with van der Waals surface area (Å²) in [5.41, 5.74) is 2.64. The Hall–Kier alpha value is -1.56. The van der Waals surface area contributed by atoms with E-state index in [0.29, 0.717) is 17.5 Å². The molecule has 1 amide bonds. The highest BCUT2D eigenvalue weighted by Gasteiger charge is 2.05. The van der Waals surface area contributed by atoms with Crippen LogP contribution >= 0.6 is 11.8 Å². The maximum absolute atomic E-state index is 11.7. The van der Waals surface area contributed by atoms with Gasteiger partial charge < -0.3 is 5.32 Å². The highest BCUT2D eigenvalue weighted by atomic mass is 32.2. The average Bonchev–Trinajstić information content (AvgIpc) is 2.82. The van der Waals surface area contributed by atoms with Gasteiger partial charge in [0.05, 0.1) is 5.75 Å². The molecule has 0 aliphatic heterocycles. The number of hydrogen-bond donors (Lipinski definition) is 2. The largest absolute Gasteiger partial charge is 0.352 e. The lowest BCUT2D eigenvalue weighted by Gasteiger charge is -2.02. The van der Waals surface area contributed by atoms with Gasteiger partial charge in [-0.05, 0) is 40.5 Å². The van der Waals surface area contributed by atoms with E-state index in [0.717, 1.165) is 18.7 Å². The number of allylic oxidation sites excluding steroid dienone is 3. The molecule has 0 saturated heterocycles. The fraction of sp³-hybridized carbons (Fsp3) is 0.533. The number of aryl methyl sites for hydroxylation is 1. The molecule has 0 radical (unpaired) electrons. The van der Waals surface area contributed by atoms with E-state index in [1.807, 2.05) is 6.92 Å². The molecule has 0 fully saturated rings. The second-order valence-corrected chi connectivity index (χ2v) is 6.11. The summed E-state index contributed by atoms with van der Waals surface area (Å²) >= 11 is 1.33. The molecule has 2 N–H and O–H groups in total. The Balaban J connectivity index is 2.18. The molecule has 1 aromatic rings. The van der Waals surface area contributed by atoms with Crippen molar-refractivity contribution in [1.29, 1.82) is 0 Å². The Bertz CT molecular complexity index is 515. The highest BCUT2D eigenvalue weighted by Crippen LogP contribution is 2.11. The van der Waals surface area contributed by atoms with Crippen LogP contribution < -0.4 is 5.32 Å². The third kappa shape index (κ3) is 8.34. The standard InChI is InChI=1S/C15H24N4OS/c1-11(2)6-5-7-12(3)8-9-16-14(20)10-21-15-17-13(4)18-19-15/h6,8H,5,7,9-10H2,1-4H3,(H,16,20)(H,17,18,19). The summed E-state index contributed by atoms with van der Waals surface area (Å²) in [4.78, 5) is 15.8. The van der Waals surface area contributed by atoms with Gasteiger partial charge >= 0.3 is 0 Å². The predicted octanol–water partition coefficient (Wildman–Crippen LogP) is 3.01. The van der Waals surface area contributed by atoms with Crippen molar-refractivity contribution in [3.8, 4) is 0 Å². The lowest BCUT2D eigenvalue weighted by atomic mass is 10.1. The number of amides is 1. The maximum Gasteiger partial charge on any atom is 0.230 e. The third-order valence-electron chi connectivity index (χ3n) is 2.75. The summed E-state index contributed by atoms with van der Waals surface area (Å²) in [5, 5.41) is 10.2. The molecular weight excluding hydrogens is 284 g/mol. The molecule has 1 aromatic heterocycles. The summed E-state index contributed by atoms with van der Waals surface area (Å²) in [6.07, 6.45) is 6.38. The molecule has 116 valence electrons. The van der Waals surface area contributed by atoms with E-state index in [1.54, 1.807) is 0 Å². The van der Waals surface area contributed by atoms with Gasteiger partial charge in [-0.1, -0.05) is 35.1 Å². The van der Waals surface area contributed by atoms with Gasteiger partial charge in [0.2, 0.25) is 11.1 Å². The Kier molecular flexibility index (Phi) is 7.82. The molecule has 0 aliphatic carbocycles. The highest BCUT2D eigenvalue weighted by molar-refractivity contribution is 7.99. The molecule has 21 heavy (non-hydrogen) atoms. The van der Waals surface area contributed by atoms with Crippen LogP contribution in [0.25, 0.3) is 0 Å². The number of carbonyl (C=O) groups is 1. The van der Waals surface area contributed by atoms with E-state index >= 15 is 0 Å². The SMILES string of the molecule is CC(C)=CCCC(C)=CCNC(=O)CSc1n[nH]c(C)n1. The van der Waals surface area contributed by atoms with E-state index in [9.17, 15) is 4.79 Å². The Morgan fingerprint density at radius 1 is 1.33 bits per heavy atom. The third-order valence-corrected chi connectivity index (χ3v) is 3.60. The van der Waals surface area contributed by atoms with E-state index in [1.165, 1.54) is 22.9 Å². The van der Waals surface area contributed by atoms with Crippen LogP contribution in [0, 0.1) is 6.92 Å². The van der Waals surface area contributed by atoms with Crippen LogP contribution in [0.4, 0.5) is 0 Å². The van der Waals surface area contributed by atoms with Gasteiger partial charge in [0.25, 0.3) is 0 Å². The normalized spacial score (nSPS) is 11.3. The molecule has 1 heterocycles. The molecule has 0 aromatic carbocycles. The number of carbonyl (C=O) groups excluding carboxylic acids is 1. The van der Waals surface area contributed by atoms with Crippen molar-refractivity contribution in [3.63, 3.8) is 0 Å². The zero-order valence-electron chi connectivity index (χ0n) is 13.2. The first kappa shape index (κ1) is 17.5. The van der Waals surface area contributed by atoms with Gasteiger partial charge in [-0.2, -0.15) is 0 Å². The van der Waals surface area contributed by atoms with Crippen LogP contribution in [-0.4, -0.2) is 33.4 Å². The summed E-state index contributed by atoms with van der Waals surface area (Å²) in [6, 6.07) is 0. The average molecular weight is 308 g/mol. The number of rotatable bonds is 8. The first-order valence-corrected chi connectivity index (χ1v) is 8.03. The van der Waals surface area contributed by atoms with Crippen molar-refractivity contribution < 1.29 is 4.79 Å². The molecule has 0 saturated carbocycles. The maximum atomic E-state index is 11.7. The van der Waals surface area contributed by atoms with E-state index in [4.69, 9.17) is 0 Å². The number of aromatic amines is 1. The number of H-pyrrole nitrogens is 1. The zero-order valence-corrected chi connectivity index (χ0v) is 14.0. The van der Waals surface area contributed by atoms with Crippen LogP contribution in [0.1, 0.15) is 39.4 Å². The Morgan fingerprint density at radius 2 is 2.10 bits per heavy atom. The molecule has 0 bridgehead atoms. The Morgan fingerprint density at radius 3 is 2.71 bits per heavy atom. The molecular formula is C15H24N4OS. The van der Waals surface area contributed by atoms with Crippen LogP contribution in [-0.2, 0) is 4.79 Å².